The number of hydrogen-bond acceptors (Lipinski definition) is 4. The molecule has 0 saturated carbocycles. The van der Waals surface area contributed by atoms with Crippen LogP contribution in [0, 0.1) is 0 Å². The number of aromatic nitrogens is 1. The Kier molecular flexibility index (Phi) is 4.50. The molecule has 6 heteroatoms. The van der Waals surface area contributed by atoms with E-state index in [1.54, 1.807) is 11.0 Å². The third kappa shape index (κ3) is 4.08. The Morgan fingerprint density at radius 1 is 1.50 bits per heavy atom. The number of rotatable bonds is 1. The summed E-state index contributed by atoms with van der Waals surface area (Å²) in [6.45, 7) is 7.46. The molecule has 2 heterocycles. The van der Waals surface area contributed by atoms with Crippen molar-refractivity contribution in [2.24, 2.45) is 0 Å². The van der Waals surface area contributed by atoms with Crippen LogP contribution in [-0.2, 0) is 4.74 Å². The summed E-state index contributed by atoms with van der Waals surface area (Å²) in [4.78, 5) is 18.1. The predicted octanol–water partition coefficient (Wildman–Crippen LogP) is 2.62. The molecule has 1 aliphatic heterocycles. The topological polar surface area (TPSA) is 54.5 Å². The maximum Gasteiger partial charge on any atom is 0.410 e. The number of nitrogens with zero attached hydrogens (tertiary/aromatic N) is 2. The van der Waals surface area contributed by atoms with Gasteiger partial charge >= 0.3 is 6.09 Å². The molecule has 1 atom stereocenters. The lowest BCUT2D eigenvalue weighted by Gasteiger charge is -2.34. The van der Waals surface area contributed by atoms with E-state index >= 15 is 0 Å². The van der Waals surface area contributed by atoms with Gasteiger partial charge in [-0.1, -0.05) is 17.7 Å². The average Bonchev–Trinajstić information content (AvgIpc) is 2.37. The summed E-state index contributed by atoms with van der Waals surface area (Å²) in [6.07, 6.45) is -0.286. The van der Waals surface area contributed by atoms with Crippen molar-refractivity contribution in [3.63, 3.8) is 0 Å². The quantitative estimate of drug-likeness (QED) is 0.810. The second-order valence-electron chi connectivity index (χ2n) is 5.82. The van der Waals surface area contributed by atoms with Crippen LogP contribution in [0.5, 0.6) is 0 Å². The molecule has 1 aromatic heterocycles. The summed E-state index contributed by atoms with van der Waals surface area (Å²) in [6, 6.07) is 5.48. The van der Waals surface area contributed by atoms with Crippen LogP contribution >= 0.6 is 11.6 Å². The Labute approximate surface area is 124 Å². The van der Waals surface area contributed by atoms with Crippen molar-refractivity contribution in [3.8, 4) is 0 Å². The zero-order valence-corrected chi connectivity index (χ0v) is 12.8. The van der Waals surface area contributed by atoms with Crippen molar-refractivity contribution >= 4 is 17.7 Å². The van der Waals surface area contributed by atoms with Gasteiger partial charge in [0.1, 0.15) is 10.8 Å². The summed E-state index contributed by atoms with van der Waals surface area (Å²) >= 11 is 5.91. The number of ether oxygens (including phenoxy) is 1. The van der Waals surface area contributed by atoms with E-state index in [1.165, 1.54) is 0 Å². The SMILES string of the molecule is CC(C)(C)OC(=O)N1CCNC(c2cccc(Cl)n2)C1. The third-order valence-corrected chi connectivity index (χ3v) is 3.13. The molecular weight excluding hydrogens is 278 g/mol. The van der Waals surface area contributed by atoms with Crippen molar-refractivity contribution in [2.75, 3.05) is 19.6 Å². The zero-order chi connectivity index (χ0) is 14.8. The molecule has 1 saturated heterocycles. The molecule has 1 unspecified atom stereocenters. The van der Waals surface area contributed by atoms with Crippen molar-refractivity contribution in [3.05, 3.63) is 29.0 Å². The molecule has 20 heavy (non-hydrogen) atoms. The van der Waals surface area contributed by atoms with Gasteiger partial charge in [-0.25, -0.2) is 9.78 Å². The molecule has 2 rings (SSSR count). The molecular formula is C14H20ClN3O2. The lowest BCUT2D eigenvalue weighted by atomic mass is 10.1. The first-order chi connectivity index (χ1) is 9.35. The maximum absolute atomic E-state index is 12.1. The Hall–Kier alpha value is -1.33. The number of amides is 1. The van der Waals surface area contributed by atoms with E-state index in [9.17, 15) is 4.79 Å². The fraction of sp³-hybridized carbons (Fsp3) is 0.571. The molecule has 0 aromatic carbocycles. The monoisotopic (exact) mass is 297 g/mol. The first kappa shape index (κ1) is 15.1. The highest BCUT2D eigenvalue weighted by atomic mass is 35.5. The van der Waals surface area contributed by atoms with Crippen molar-refractivity contribution in [1.29, 1.82) is 0 Å². The first-order valence-corrected chi connectivity index (χ1v) is 7.07. The maximum atomic E-state index is 12.1. The van der Waals surface area contributed by atoms with Crippen LogP contribution in [0.15, 0.2) is 18.2 Å². The smallest absolute Gasteiger partial charge is 0.410 e. The number of pyridine rings is 1. The lowest BCUT2D eigenvalue weighted by Crippen LogP contribution is -2.49. The summed E-state index contributed by atoms with van der Waals surface area (Å²) < 4.78 is 5.40. The van der Waals surface area contributed by atoms with Gasteiger partial charge in [0.25, 0.3) is 0 Å². The molecule has 1 fully saturated rings. The van der Waals surface area contributed by atoms with Gasteiger partial charge in [-0.3, -0.25) is 0 Å². The molecule has 0 bridgehead atoms. The summed E-state index contributed by atoms with van der Waals surface area (Å²) in [5.74, 6) is 0. The molecule has 1 aliphatic rings. The number of carbonyl (C=O) groups excluding carboxylic acids is 1. The highest BCUT2D eigenvalue weighted by molar-refractivity contribution is 6.29. The van der Waals surface area contributed by atoms with Crippen LogP contribution in [0.1, 0.15) is 32.5 Å². The van der Waals surface area contributed by atoms with E-state index in [4.69, 9.17) is 16.3 Å². The van der Waals surface area contributed by atoms with E-state index in [0.717, 1.165) is 5.69 Å². The standard InChI is InChI=1S/C14H20ClN3O2/c1-14(2,3)20-13(19)18-8-7-16-11(9-18)10-5-4-6-12(15)17-10/h4-6,11,16H,7-9H2,1-3H3. The molecule has 1 aromatic rings. The average molecular weight is 298 g/mol. The van der Waals surface area contributed by atoms with E-state index in [1.807, 2.05) is 32.9 Å². The van der Waals surface area contributed by atoms with Crippen molar-refractivity contribution in [1.82, 2.24) is 15.2 Å². The number of nitrogens with one attached hydrogen (secondary N) is 1. The van der Waals surface area contributed by atoms with E-state index in [0.29, 0.717) is 24.8 Å². The zero-order valence-electron chi connectivity index (χ0n) is 12.0. The fourth-order valence-electron chi connectivity index (χ4n) is 2.06. The fourth-order valence-corrected chi connectivity index (χ4v) is 2.23. The Balaban J connectivity index is 2.03. The second kappa shape index (κ2) is 5.97. The van der Waals surface area contributed by atoms with Crippen LogP contribution in [0.25, 0.3) is 0 Å². The highest BCUT2D eigenvalue weighted by Gasteiger charge is 2.28. The van der Waals surface area contributed by atoms with Gasteiger partial charge in [0.15, 0.2) is 0 Å². The molecule has 1 N–H and O–H groups in total. The molecule has 110 valence electrons. The van der Waals surface area contributed by atoms with Crippen LogP contribution in [0.3, 0.4) is 0 Å². The summed E-state index contributed by atoms with van der Waals surface area (Å²) in [7, 11) is 0. The van der Waals surface area contributed by atoms with E-state index < -0.39 is 5.60 Å². The molecule has 0 aliphatic carbocycles. The van der Waals surface area contributed by atoms with E-state index in [2.05, 4.69) is 10.3 Å². The number of halogens is 1. The Morgan fingerprint density at radius 3 is 2.90 bits per heavy atom. The van der Waals surface area contributed by atoms with Gasteiger partial charge in [-0.2, -0.15) is 0 Å². The van der Waals surface area contributed by atoms with Crippen LogP contribution < -0.4 is 5.32 Å². The van der Waals surface area contributed by atoms with Gasteiger partial charge in [0, 0.05) is 19.6 Å². The van der Waals surface area contributed by atoms with Crippen LogP contribution in [0.2, 0.25) is 5.15 Å². The normalized spacial score (nSPS) is 19.8. The Bertz CT molecular complexity index is 488. The second-order valence-corrected chi connectivity index (χ2v) is 6.21. The first-order valence-electron chi connectivity index (χ1n) is 6.69. The molecule has 0 spiro atoms. The van der Waals surface area contributed by atoms with Crippen LogP contribution in [-0.4, -0.2) is 41.2 Å². The highest BCUT2D eigenvalue weighted by Crippen LogP contribution is 2.19. The van der Waals surface area contributed by atoms with Gasteiger partial charge in [-0.05, 0) is 32.9 Å². The molecule has 0 radical (unpaired) electrons. The van der Waals surface area contributed by atoms with Crippen molar-refractivity contribution < 1.29 is 9.53 Å². The molecule has 1 amide bonds. The van der Waals surface area contributed by atoms with Crippen LogP contribution in [0.4, 0.5) is 4.79 Å². The minimum atomic E-state index is -0.480. The number of carbonyl (C=O) groups is 1. The lowest BCUT2D eigenvalue weighted by molar-refractivity contribution is 0.0194. The predicted molar refractivity (Wildman–Crippen MR) is 77.8 cm³/mol. The molecule has 5 nitrogen and oxygen atoms in total. The number of piperazine rings is 1. The van der Waals surface area contributed by atoms with Gasteiger partial charge < -0.3 is 15.0 Å². The summed E-state index contributed by atoms with van der Waals surface area (Å²) in [5.41, 5.74) is 0.358. The van der Waals surface area contributed by atoms with Gasteiger partial charge in [-0.15, -0.1) is 0 Å². The Morgan fingerprint density at radius 2 is 2.25 bits per heavy atom. The summed E-state index contributed by atoms with van der Waals surface area (Å²) in [5, 5.41) is 3.80. The third-order valence-electron chi connectivity index (χ3n) is 2.92. The number of hydrogen-bond donors (Lipinski definition) is 1. The van der Waals surface area contributed by atoms with Gasteiger partial charge in [0.2, 0.25) is 0 Å². The van der Waals surface area contributed by atoms with Gasteiger partial charge in [0.05, 0.1) is 11.7 Å². The minimum absolute atomic E-state index is 0.0185. The van der Waals surface area contributed by atoms with E-state index in [-0.39, 0.29) is 12.1 Å². The minimum Gasteiger partial charge on any atom is -0.444 e. The largest absolute Gasteiger partial charge is 0.444 e. The van der Waals surface area contributed by atoms with Crippen molar-refractivity contribution in [2.45, 2.75) is 32.4 Å².